The second kappa shape index (κ2) is 3.02. The van der Waals surface area contributed by atoms with E-state index >= 15 is 0 Å². The van der Waals surface area contributed by atoms with Gasteiger partial charge in [-0.25, -0.2) is 4.98 Å². The van der Waals surface area contributed by atoms with Gasteiger partial charge in [-0.2, -0.15) is 0 Å². The maximum atomic E-state index is 12.3. The number of carbonyl (C=O) groups excluding carboxylic acids is 1. The van der Waals surface area contributed by atoms with Gasteiger partial charge in [-0.05, 0) is 25.0 Å². The fourth-order valence-corrected chi connectivity index (χ4v) is 3.16. The Labute approximate surface area is 104 Å². The van der Waals surface area contributed by atoms with Gasteiger partial charge < -0.3 is 9.88 Å². The van der Waals surface area contributed by atoms with Crippen LogP contribution in [0.3, 0.4) is 0 Å². The number of fused-ring (bicyclic) bond motifs is 3. The smallest absolute Gasteiger partial charge is 0.250 e. The molecule has 1 N–H and O–H groups in total. The molecule has 1 saturated carbocycles. The molecule has 5 rings (SSSR count). The summed E-state index contributed by atoms with van der Waals surface area (Å²) >= 11 is 0. The number of nitrogens with zero attached hydrogens (tertiary/aromatic N) is 2. The van der Waals surface area contributed by atoms with E-state index in [1.54, 1.807) is 6.33 Å². The highest BCUT2D eigenvalue weighted by Gasteiger charge is 2.56. The average Bonchev–Trinajstić information content (AvgIpc) is 2.71. The fraction of sp³-hybridized carbons (Fsp3) is 0.286. The summed E-state index contributed by atoms with van der Waals surface area (Å²) in [5, 5.41) is 2.89. The first-order valence-electron chi connectivity index (χ1n) is 6.13. The number of nitrogens with one attached hydrogen (secondary N) is 1. The van der Waals surface area contributed by atoms with E-state index in [0.29, 0.717) is 5.92 Å². The number of amides is 1. The number of aromatic nitrogens is 2. The molecule has 0 atom stereocenters. The molecule has 2 saturated heterocycles. The van der Waals surface area contributed by atoms with Crippen molar-refractivity contribution in [2.45, 2.75) is 18.4 Å². The van der Waals surface area contributed by atoms with Crippen LogP contribution in [0.4, 0.5) is 0 Å². The highest BCUT2D eigenvalue weighted by atomic mass is 16.2. The molecule has 0 radical (unpaired) electrons. The van der Waals surface area contributed by atoms with Gasteiger partial charge in [-0.3, -0.25) is 4.79 Å². The molecular weight excluding hydrogens is 226 g/mol. The molecule has 3 fully saturated rings. The quantitative estimate of drug-likeness (QED) is 0.824. The van der Waals surface area contributed by atoms with Crippen molar-refractivity contribution in [3.05, 3.63) is 42.9 Å². The van der Waals surface area contributed by atoms with Crippen LogP contribution in [0.2, 0.25) is 0 Å². The molecule has 0 spiro atoms. The lowest BCUT2D eigenvalue weighted by Gasteiger charge is -2.52. The highest BCUT2D eigenvalue weighted by Crippen LogP contribution is 2.51. The number of hydrogen-bond donors (Lipinski definition) is 1. The molecule has 4 nitrogen and oxygen atoms in total. The van der Waals surface area contributed by atoms with Gasteiger partial charge in [0, 0.05) is 11.6 Å². The molecule has 0 unspecified atom stereocenters. The Kier molecular flexibility index (Phi) is 1.66. The highest BCUT2D eigenvalue weighted by molar-refractivity contribution is 5.91. The number of carbonyl (C=O) groups is 1. The van der Waals surface area contributed by atoms with Crippen molar-refractivity contribution in [3.63, 3.8) is 0 Å². The van der Waals surface area contributed by atoms with Crippen molar-refractivity contribution in [1.29, 1.82) is 0 Å². The van der Waals surface area contributed by atoms with E-state index in [1.807, 2.05) is 28.8 Å². The Morgan fingerprint density at radius 3 is 2.94 bits per heavy atom. The van der Waals surface area contributed by atoms with Gasteiger partial charge in [0.2, 0.25) is 5.91 Å². The van der Waals surface area contributed by atoms with E-state index in [-0.39, 0.29) is 5.91 Å². The second-order valence-electron chi connectivity index (χ2n) is 5.22. The van der Waals surface area contributed by atoms with Crippen molar-refractivity contribution in [3.8, 4) is 0 Å². The molecule has 4 heteroatoms. The lowest BCUT2D eigenvalue weighted by atomic mass is 9.63. The summed E-state index contributed by atoms with van der Waals surface area (Å²) in [4.78, 5) is 16.7. The van der Waals surface area contributed by atoms with Gasteiger partial charge in [0.05, 0.1) is 17.4 Å². The van der Waals surface area contributed by atoms with E-state index in [9.17, 15) is 4.79 Å². The summed E-state index contributed by atoms with van der Waals surface area (Å²) in [6.07, 6.45) is 3.48. The number of para-hydroxylation sites is 2. The molecule has 18 heavy (non-hydrogen) atoms. The third-order valence-electron chi connectivity index (χ3n) is 4.27. The Morgan fingerprint density at radius 1 is 1.39 bits per heavy atom. The topological polar surface area (TPSA) is 46.9 Å². The van der Waals surface area contributed by atoms with E-state index in [1.165, 1.54) is 0 Å². The molecule has 90 valence electrons. The Balaban J connectivity index is 1.89. The summed E-state index contributed by atoms with van der Waals surface area (Å²) < 4.78 is 2.03. The van der Waals surface area contributed by atoms with Crippen molar-refractivity contribution < 1.29 is 4.79 Å². The molecule has 1 aromatic carbocycles. The zero-order valence-electron chi connectivity index (χ0n) is 9.89. The molecule has 1 amide bonds. The van der Waals surface area contributed by atoms with Gasteiger partial charge in [0.15, 0.2) is 0 Å². The molecule has 2 bridgehead atoms. The van der Waals surface area contributed by atoms with Crippen LogP contribution in [0.1, 0.15) is 12.8 Å². The lowest BCUT2D eigenvalue weighted by Crippen LogP contribution is -2.62. The van der Waals surface area contributed by atoms with E-state index < -0.39 is 5.54 Å². The van der Waals surface area contributed by atoms with Crippen LogP contribution >= 0.6 is 0 Å². The van der Waals surface area contributed by atoms with Crippen molar-refractivity contribution in [2.75, 3.05) is 0 Å². The predicted molar refractivity (Wildman–Crippen MR) is 67.7 cm³/mol. The summed E-state index contributed by atoms with van der Waals surface area (Å²) in [6, 6.07) is 7.93. The standard InChI is InChI=1S/C14H13N3O/c1-9-10-6-14(7-10,13(18)16-9)17-8-15-11-4-2-3-5-12(11)17/h2-5,8,10H,1,6-7H2,(H,16,18). The van der Waals surface area contributed by atoms with Crippen LogP contribution in [0.15, 0.2) is 42.9 Å². The summed E-state index contributed by atoms with van der Waals surface area (Å²) in [5.41, 5.74) is 2.39. The number of hydrogen-bond acceptors (Lipinski definition) is 2. The first kappa shape index (κ1) is 9.88. The summed E-state index contributed by atoms with van der Waals surface area (Å²) in [6.45, 7) is 3.90. The van der Waals surface area contributed by atoms with Gasteiger partial charge in [0.1, 0.15) is 5.54 Å². The van der Waals surface area contributed by atoms with Crippen LogP contribution in [0.25, 0.3) is 11.0 Å². The Hall–Kier alpha value is -2.10. The first-order chi connectivity index (χ1) is 8.71. The predicted octanol–water partition coefficient (Wildman–Crippen LogP) is 1.79. The number of piperidine rings is 2. The van der Waals surface area contributed by atoms with Gasteiger partial charge in [-0.15, -0.1) is 0 Å². The van der Waals surface area contributed by atoms with Crippen LogP contribution in [-0.4, -0.2) is 15.5 Å². The van der Waals surface area contributed by atoms with Crippen LogP contribution < -0.4 is 5.32 Å². The average molecular weight is 239 g/mol. The minimum atomic E-state index is -0.442. The molecule has 3 aliphatic rings. The Bertz CT molecular complexity index is 679. The molecule has 1 aliphatic carbocycles. The maximum absolute atomic E-state index is 12.3. The Morgan fingerprint density at radius 2 is 2.17 bits per heavy atom. The largest absolute Gasteiger partial charge is 0.328 e. The third-order valence-corrected chi connectivity index (χ3v) is 4.27. The minimum absolute atomic E-state index is 0.0538. The van der Waals surface area contributed by atoms with Gasteiger partial charge >= 0.3 is 0 Å². The van der Waals surface area contributed by atoms with Crippen LogP contribution in [0.5, 0.6) is 0 Å². The molecule has 3 heterocycles. The normalized spacial score (nSPS) is 30.1. The van der Waals surface area contributed by atoms with Crippen LogP contribution in [0, 0.1) is 5.92 Å². The number of allylic oxidation sites excluding steroid dienone is 1. The lowest BCUT2D eigenvalue weighted by molar-refractivity contribution is -0.140. The van der Waals surface area contributed by atoms with E-state index in [4.69, 9.17) is 0 Å². The van der Waals surface area contributed by atoms with E-state index in [2.05, 4.69) is 16.9 Å². The van der Waals surface area contributed by atoms with Gasteiger partial charge in [0.25, 0.3) is 0 Å². The summed E-state index contributed by atoms with van der Waals surface area (Å²) in [5.74, 6) is 0.474. The maximum Gasteiger partial charge on any atom is 0.250 e. The number of benzene rings is 1. The molecule has 1 aromatic heterocycles. The molecule has 2 aromatic rings. The zero-order valence-corrected chi connectivity index (χ0v) is 9.89. The number of imidazole rings is 1. The minimum Gasteiger partial charge on any atom is -0.328 e. The molecule has 2 aliphatic heterocycles. The van der Waals surface area contributed by atoms with Crippen LogP contribution in [-0.2, 0) is 10.3 Å². The SMILES string of the molecule is C=C1NC(=O)C2(n3cnc4ccccc43)CC1C2. The van der Waals surface area contributed by atoms with Gasteiger partial charge in [-0.1, -0.05) is 18.7 Å². The van der Waals surface area contributed by atoms with Crippen molar-refractivity contribution in [2.24, 2.45) is 5.92 Å². The summed E-state index contributed by atoms with van der Waals surface area (Å²) in [7, 11) is 0. The zero-order chi connectivity index (χ0) is 12.3. The first-order valence-corrected chi connectivity index (χ1v) is 6.13. The fourth-order valence-electron chi connectivity index (χ4n) is 3.16. The van der Waals surface area contributed by atoms with Crippen molar-refractivity contribution >= 4 is 16.9 Å². The third kappa shape index (κ3) is 1.01. The van der Waals surface area contributed by atoms with E-state index in [0.717, 1.165) is 29.6 Å². The second-order valence-corrected chi connectivity index (χ2v) is 5.22. The number of rotatable bonds is 1. The van der Waals surface area contributed by atoms with Crippen molar-refractivity contribution in [1.82, 2.24) is 14.9 Å². The molecular formula is C14H13N3O. The monoisotopic (exact) mass is 239 g/mol.